The summed E-state index contributed by atoms with van der Waals surface area (Å²) in [7, 11) is 1.66. The Kier molecular flexibility index (Phi) is 5.38. The van der Waals surface area contributed by atoms with Gasteiger partial charge in [-0.1, -0.05) is 0 Å². The average Bonchev–Trinajstić information content (AvgIpc) is 3.29. The van der Waals surface area contributed by atoms with Crippen LogP contribution in [0, 0.1) is 13.8 Å². The third-order valence-electron chi connectivity index (χ3n) is 5.49. The number of benzene rings is 1. The molecule has 0 saturated carbocycles. The van der Waals surface area contributed by atoms with Crippen LogP contribution in [-0.2, 0) is 17.8 Å². The summed E-state index contributed by atoms with van der Waals surface area (Å²) < 4.78 is 9.11. The number of hydrogen-bond donors (Lipinski definition) is 1. The standard InChI is InChI=1S/C22H27N5O2/c1-15-13-16(2)26(25-15)12-11-22(28)24-20-5-4-6-21-19(20)14-23-27(21)17-7-9-18(29-3)10-8-17/h7-10,13-14,20H,4-6,11-12H2,1-3H3,(H,24,28)/t20-/m1/s1. The molecule has 152 valence electrons. The van der Waals surface area contributed by atoms with E-state index in [1.165, 1.54) is 5.69 Å². The molecule has 29 heavy (non-hydrogen) atoms. The van der Waals surface area contributed by atoms with Gasteiger partial charge in [-0.2, -0.15) is 10.2 Å². The number of rotatable bonds is 6. The van der Waals surface area contributed by atoms with E-state index in [-0.39, 0.29) is 11.9 Å². The average molecular weight is 393 g/mol. The molecule has 2 aromatic heterocycles. The van der Waals surface area contributed by atoms with Crippen LogP contribution in [0.3, 0.4) is 0 Å². The summed E-state index contributed by atoms with van der Waals surface area (Å²) in [6, 6.07) is 9.91. The summed E-state index contributed by atoms with van der Waals surface area (Å²) in [5.74, 6) is 0.870. The van der Waals surface area contributed by atoms with Crippen molar-refractivity contribution < 1.29 is 9.53 Å². The van der Waals surface area contributed by atoms with Gasteiger partial charge in [-0.05, 0) is 63.4 Å². The number of methoxy groups -OCH3 is 1. The maximum atomic E-state index is 12.6. The molecule has 0 aliphatic heterocycles. The zero-order valence-electron chi connectivity index (χ0n) is 17.2. The van der Waals surface area contributed by atoms with Gasteiger partial charge in [0, 0.05) is 29.9 Å². The number of aromatic nitrogens is 4. The lowest BCUT2D eigenvalue weighted by molar-refractivity contribution is -0.122. The first-order chi connectivity index (χ1) is 14.0. The molecule has 2 heterocycles. The number of hydrogen-bond acceptors (Lipinski definition) is 4. The van der Waals surface area contributed by atoms with Crippen molar-refractivity contribution in [3.8, 4) is 11.4 Å². The van der Waals surface area contributed by atoms with Crippen LogP contribution in [0.5, 0.6) is 5.75 Å². The molecular formula is C22H27N5O2. The SMILES string of the molecule is COc1ccc(-n2ncc3c2CCC[C@H]3NC(=O)CCn2nc(C)cc2C)cc1. The second-order valence-electron chi connectivity index (χ2n) is 7.57. The minimum atomic E-state index is 0.0127. The molecule has 1 atom stereocenters. The second kappa shape index (κ2) is 8.11. The number of ether oxygens (including phenoxy) is 1. The van der Waals surface area contributed by atoms with E-state index in [0.717, 1.165) is 47.7 Å². The van der Waals surface area contributed by atoms with E-state index in [9.17, 15) is 4.79 Å². The summed E-state index contributed by atoms with van der Waals surface area (Å²) >= 11 is 0. The first kappa shape index (κ1) is 19.2. The van der Waals surface area contributed by atoms with E-state index in [0.29, 0.717) is 13.0 Å². The van der Waals surface area contributed by atoms with E-state index in [1.54, 1.807) is 7.11 Å². The highest BCUT2D eigenvalue weighted by Crippen LogP contribution is 2.31. The maximum Gasteiger partial charge on any atom is 0.222 e. The van der Waals surface area contributed by atoms with Gasteiger partial charge in [0.25, 0.3) is 0 Å². The maximum absolute atomic E-state index is 12.6. The van der Waals surface area contributed by atoms with E-state index < -0.39 is 0 Å². The van der Waals surface area contributed by atoms with Gasteiger partial charge in [-0.15, -0.1) is 0 Å². The predicted octanol–water partition coefficient (Wildman–Crippen LogP) is 3.28. The number of aryl methyl sites for hydroxylation is 3. The van der Waals surface area contributed by atoms with Crippen molar-refractivity contribution in [3.63, 3.8) is 0 Å². The quantitative estimate of drug-likeness (QED) is 0.697. The molecule has 0 fully saturated rings. The van der Waals surface area contributed by atoms with E-state index >= 15 is 0 Å². The smallest absolute Gasteiger partial charge is 0.222 e. The summed E-state index contributed by atoms with van der Waals surface area (Å²) in [5.41, 5.74) is 5.35. The van der Waals surface area contributed by atoms with Crippen molar-refractivity contribution >= 4 is 5.91 Å². The Balaban J connectivity index is 1.45. The van der Waals surface area contributed by atoms with E-state index in [2.05, 4.69) is 15.5 Å². The molecule has 0 spiro atoms. The van der Waals surface area contributed by atoms with Gasteiger partial charge in [0.05, 0.1) is 30.7 Å². The number of fused-ring (bicyclic) bond motifs is 1. The van der Waals surface area contributed by atoms with Gasteiger partial charge in [-0.25, -0.2) is 4.68 Å². The van der Waals surface area contributed by atoms with Gasteiger partial charge in [0.1, 0.15) is 5.75 Å². The number of amides is 1. The van der Waals surface area contributed by atoms with Gasteiger partial charge in [0.15, 0.2) is 0 Å². The predicted molar refractivity (Wildman–Crippen MR) is 110 cm³/mol. The lowest BCUT2D eigenvalue weighted by Crippen LogP contribution is -2.31. The van der Waals surface area contributed by atoms with Crippen LogP contribution in [0.15, 0.2) is 36.5 Å². The molecule has 0 saturated heterocycles. The fourth-order valence-electron chi connectivity index (χ4n) is 4.03. The molecule has 4 rings (SSSR count). The fraction of sp³-hybridized carbons (Fsp3) is 0.409. The number of carbonyl (C=O) groups is 1. The summed E-state index contributed by atoms with van der Waals surface area (Å²) in [6.07, 6.45) is 5.23. The highest BCUT2D eigenvalue weighted by molar-refractivity contribution is 5.76. The molecule has 7 nitrogen and oxygen atoms in total. The monoisotopic (exact) mass is 393 g/mol. The van der Waals surface area contributed by atoms with E-state index in [1.807, 2.05) is 59.7 Å². The Morgan fingerprint density at radius 1 is 1.28 bits per heavy atom. The van der Waals surface area contributed by atoms with Crippen LogP contribution in [0.1, 0.15) is 47.9 Å². The Morgan fingerprint density at radius 3 is 2.76 bits per heavy atom. The third-order valence-corrected chi connectivity index (χ3v) is 5.49. The van der Waals surface area contributed by atoms with Gasteiger partial charge >= 0.3 is 0 Å². The van der Waals surface area contributed by atoms with Gasteiger partial charge in [0.2, 0.25) is 5.91 Å². The lowest BCUT2D eigenvalue weighted by Gasteiger charge is -2.24. The van der Waals surface area contributed by atoms with Crippen molar-refractivity contribution in [1.29, 1.82) is 0 Å². The number of nitrogens with zero attached hydrogens (tertiary/aromatic N) is 4. The largest absolute Gasteiger partial charge is 0.497 e. The van der Waals surface area contributed by atoms with Crippen molar-refractivity contribution in [1.82, 2.24) is 24.9 Å². The minimum Gasteiger partial charge on any atom is -0.497 e. The van der Waals surface area contributed by atoms with Gasteiger partial charge in [-0.3, -0.25) is 9.48 Å². The normalized spacial score (nSPS) is 15.8. The molecule has 1 aliphatic rings. The van der Waals surface area contributed by atoms with Crippen molar-refractivity contribution in [2.45, 2.75) is 52.1 Å². The molecule has 1 N–H and O–H groups in total. The van der Waals surface area contributed by atoms with Crippen molar-refractivity contribution in [3.05, 3.63) is 59.2 Å². The Morgan fingerprint density at radius 2 is 2.07 bits per heavy atom. The van der Waals surface area contributed by atoms with Crippen LogP contribution in [-0.4, -0.2) is 32.6 Å². The first-order valence-corrected chi connectivity index (χ1v) is 10.1. The summed E-state index contributed by atoms with van der Waals surface area (Å²) in [4.78, 5) is 12.6. The van der Waals surface area contributed by atoms with Crippen LogP contribution in [0.4, 0.5) is 0 Å². The Bertz CT molecular complexity index is 1000. The van der Waals surface area contributed by atoms with Gasteiger partial charge < -0.3 is 10.1 Å². The minimum absolute atomic E-state index is 0.0127. The van der Waals surface area contributed by atoms with Crippen LogP contribution in [0.2, 0.25) is 0 Å². The number of carbonyl (C=O) groups excluding carboxylic acids is 1. The third kappa shape index (κ3) is 4.04. The van der Waals surface area contributed by atoms with E-state index in [4.69, 9.17) is 4.74 Å². The zero-order chi connectivity index (χ0) is 20.4. The molecular weight excluding hydrogens is 366 g/mol. The van der Waals surface area contributed by atoms with Crippen LogP contribution < -0.4 is 10.1 Å². The van der Waals surface area contributed by atoms with Crippen LogP contribution in [0.25, 0.3) is 5.69 Å². The fourth-order valence-corrected chi connectivity index (χ4v) is 4.03. The first-order valence-electron chi connectivity index (χ1n) is 10.1. The highest BCUT2D eigenvalue weighted by atomic mass is 16.5. The lowest BCUT2D eigenvalue weighted by atomic mass is 9.92. The number of nitrogens with one attached hydrogen (secondary N) is 1. The molecule has 0 bridgehead atoms. The second-order valence-corrected chi connectivity index (χ2v) is 7.57. The molecule has 3 aromatic rings. The molecule has 1 aliphatic carbocycles. The summed E-state index contributed by atoms with van der Waals surface area (Å²) in [5, 5.41) is 12.2. The van der Waals surface area contributed by atoms with Crippen LogP contribution >= 0.6 is 0 Å². The molecule has 7 heteroatoms. The molecule has 0 unspecified atom stereocenters. The Labute approximate surface area is 170 Å². The molecule has 1 aromatic carbocycles. The van der Waals surface area contributed by atoms with Crippen molar-refractivity contribution in [2.75, 3.05) is 7.11 Å². The Hall–Kier alpha value is -3.09. The molecule has 0 radical (unpaired) electrons. The summed E-state index contributed by atoms with van der Waals surface area (Å²) in [6.45, 7) is 4.57. The highest BCUT2D eigenvalue weighted by Gasteiger charge is 2.26. The molecule has 1 amide bonds. The zero-order valence-corrected chi connectivity index (χ0v) is 17.2. The topological polar surface area (TPSA) is 74.0 Å². The van der Waals surface area contributed by atoms with Crippen molar-refractivity contribution in [2.24, 2.45) is 0 Å².